The lowest BCUT2D eigenvalue weighted by Crippen LogP contribution is -2.14. The molecule has 1 N–H and O–H groups in total. The van der Waals surface area contributed by atoms with Gasteiger partial charge < -0.3 is 19.2 Å². The van der Waals surface area contributed by atoms with Gasteiger partial charge in [0.25, 0.3) is 5.91 Å². The minimum absolute atomic E-state index is 0.0577. The van der Waals surface area contributed by atoms with E-state index in [9.17, 15) is 14.4 Å². The summed E-state index contributed by atoms with van der Waals surface area (Å²) >= 11 is 4.05. The third-order valence-electron chi connectivity index (χ3n) is 3.02. The maximum Gasteiger partial charge on any atom is 0.348 e. The van der Waals surface area contributed by atoms with Crippen molar-refractivity contribution in [3.63, 3.8) is 0 Å². The van der Waals surface area contributed by atoms with E-state index in [4.69, 9.17) is 13.9 Å². The SMILES string of the molecule is CCOC(=O)c1c(NC(=O)c2ccc(Br)o2)sc(C(=O)OC)c1C. The van der Waals surface area contributed by atoms with Crippen LogP contribution in [0.15, 0.2) is 21.2 Å². The molecule has 9 heteroatoms. The summed E-state index contributed by atoms with van der Waals surface area (Å²) in [4.78, 5) is 36.5. The largest absolute Gasteiger partial charge is 0.465 e. The van der Waals surface area contributed by atoms with Gasteiger partial charge in [0.2, 0.25) is 0 Å². The number of amides is 1. The highest BCUT2D eigenvalue weighted by molar-refractivity contribution is 9.10. The molecule has 2 aromatic rings. The molecular weight excluding hydrogens is 402 g/mol. The summed E-state index contributed by atoms with van der Waals surface area (Å²) in [6.45, 7) is 3.42. The summed E-state index contributed by atoms with van der Waals surface area (Å²) in [5.74, 6) is -1.71. The molecule has 2 heterocycles. The Hall–Kier alpha value is -2.13. The third kappa shape index (κ3) is 3.68. The summed E-state index contributed by atoms with van der Waals surface area (Å²) in [5.41, 5.74) is 0.516. The number of esters is 2. The number of anilines is 1. The average molecular weight is 416 g/mol. The van der Waals surface area contributed by atoms with E-state index < -0.39 is 17.8 Å². The van der Waals surface area contributed by atoms with Crippen LogP contribution in [-0.4, -0.2) is 31.6 Å². The molecule has 0 aliphatic heterocycles. The van der Waals surface area contributed by atoms with Crippen molar-refractivity contribution < 1.29 is 28.3 Å². The maximum absolute atomic E-state index is 12.2. The van der Waals surface area contributed by atoms with Gasteiger partial charge in [-0.1, -0.05) is 0 Å². The van der Waals surface area contributed by atoms with Crippen LogP contribution in [0.4, 0.5) is 5.00 Å². The van der Waals surface area contributed by atoms with Gasteiger partial charge in [-0.2, -0.15) is 0 Å². The first-order valence-electron chi connectivity index (χ1n) is 6.84. The number of hydrogen-bond acceptors (Lipinski definition) is 7. The van der Waals surface area contributed by atoms with Gasteiger partial charge in [0.15, 0.2) is 10.4 Å². The van der Waals surface area contributed by atoms with Crippen LogP contribution in [0.2, 0.25) is 0 Å². The molecule has 0 aromatic carbocycles. The molecule has 0 aliphatic rings. The lowest BCUT2D eigenvalue weighted by atomic mass is 10.1. The fourth-order valence-electron chi connectivity index (χ4n) is 1.94. The standard InChI is InChI=1S/C15H14BrNO6S/c1-4-22-14(19)10-7(2)11(15(20)21-3)24-13(10)17-12(18)8-5-6-9(16)23-8/h5-6H,4H2,1-3H3,(H,17,18). The molecular formula is C15H14BrNO6S. The van der Waals surface area contributed by atoms with Crippen molar-refractivity contribution in [2.24, 2.45) is 0 Å². The van der Waals surface area contributed by atoms with Gasteiger partial charge in [-0.15, -0.1) is 11.3 Å². The van der Waals surface area contributed by atoms with Crippen LogP contribution in [0.3, 0.4) is 0 Å². The number of ether oxygens (including phenoxy) is 2. The van der Waals surface area contributed by atoms with Crippen LogP contribution in [0.1, 0.15) is 43.1 Å². The quantitative estimate of drug-likeness (QED) is 0.749. The van der Waals surface area contributed by atoms with Crippen molar-refractivity contribution in [1.82, 2.24) is 0 Å². The summed E-state index contributed by atoms with van der Waals surface area (Å²) in [5, 5.41) is 2.77. The van der Waals surface area contributed by atoms with Gasteiger partial charge in [-0.05, 0) is 47.5 Å². The second-order valence-electron chi connectivity index (χ2n) is 4.53. The monoisotopic (exact) mass is 415 g/mol. The zero-order chi connectivity index (χ0) is 17.9. The van der Waals surface area contributed by atoms with E-state index in [1.165, 1.54) is 13.2 Å². The molecule has 1 amide bonds. The van der Waals surface area contributed by atoms with Gasteiger partial charge >= 0.3 is 11.9 Å². The summed E-state index contributed by atoms with van der Waals surface area (Å²) in [6.07, 6.45) is 0. The molecule has 0 aliphatic carbocycles. The minimum Gasteiger partial charge on any atom is -0.465 e. The molecule has 24 heavy (non-hydrogen) atoms. The van der Waals surface area contributed by atoms with Crippen LogP contribution >= 0.6 is 27.3 Å². The molecule has 0 radical (unpaired) electrons. The Morgan fingerprint density at radius 3 is 2.54 bits per heavy atom. The number of nitrogens with one attached hydrogen (secondary N) is 1. The van der Waals surface area contributed by atoms with Gasteiger partial charge in [-0.3, -0.25) is 4.79 Å². The lowest BCUT2D eigenvalue weighted by molar-refractivity contribution is 0.0527. The van der Waals surface area contributed by atoms with Gasteiger partial charge in [0.1, 0.15) is 9.88 Å². The van der Waals surface area contributed by atoms with Crippen LogP contribution in [0.5, 0.6) is 0 Å². The van der Waals surface area contributed by atoms with Crippen molar-refractivity contribution in [1.29, 1.82) is 0 Å². The van der Waals surface area contributed by atoms with Gasteiger partial charge in [-0.25, -0.2) is 9.59 Å². The van der Waals surface area contributed by atoms with Gasteiger partial charge in [0.05, 0.1) is 19.3 Å². The number of rotatable bonds is 5. The Bertz CT molecular complexity index is 794. The predicted octanol–water partition coefficient (Wildman–Crippen LogP) is 3.63. The first-order valence-corrected chi connectivity index (χ1v) is 8.45. The van der Waals surface area contributed by atoms with Crippen molar-refractivity contribution in [2.45, 2.75) is 13.8 Å². The molecule has 2 aromatic heterocycles. The van der Waals surface area contributed by atoms with Crippen molar-refractivity contribution in [2.75, 3.05) is 19.0 Å². The summed E-state index contributed by atoms with van der Waals surface area (Å²) in [6, 6.07) is 3.05. The molecule has 0 unspecified atom stereocenters. The second-order valence-corrected chi connectivity index (χ2v) is 6.33. The van der Waals surface area contributed by atoms with E-state index in [1.807, 2.05) is 0 Å². The van der Waals surface area contributed by atoms with Crippen LogP contribution in [-0.2, 0) is 9.47 Å². The molecule has 0 fully saturated rings. The lowest BCUT2D eigenvalue weighted by Gasteiger charge is -2.06. The Morgan fingerprint density at radius 1 is 1.29 bits per heavy atom. The fourth-order valence-corrected chi connectivity index (χ4v) is 3.35. The Labute approximate surface area is 150 Å². The number of thiophene rings is 1. The molecule has 0 spiro atoms. The average Bonchev–Trinajstić information content (AvgIpc) is 3.10. The van der Waals surface area contributed by atoms with E-state index in [1.54, 1.807) is 19.9 Å². The van der Waals surface area contributed by atoms with Crippen LogP contribution in [0, 0.1) is 6.92 Å². The number of furan rings is 1. The zero-order valence-electron chi connectivity index (χ0n) is 13.1. The molecule has 2 rings (SSSR count). The smallest absolute Gasteiger partial charge is 0.348 e. The molecule has 0 bridgehead atoms. The molecule has 7 nitrogen and oxygen atoms in total. The van der Waals surface area contributed by atoms with Crippen LogP contribution < -0.4 is 5.32 Å². The zero-order valence-corrected chi connectivity index (χ0v) is 15.5. The highest BCUT2D eigenvalue weighted by atomic mass is 79.9. The summed E-state index contributed by atoms with van der Waals surface area (Å²) in [7, 11) is 1.24. The topological polar surface area (TPSA) is 94.8 Å². The number of hydrogen-bond donors (Lipinski definition) is 1. The van der Waals surface area contributed by atoms with E-state index in [-0.39, 0.29) is 27.8 Å². The highest BCUT2D eigenvalue weighted by Gasteiger charge is 2.27. The Morgan fingerprint density at radius 2 is 2.00 bits per heavy atom. The molecule has 0 saturated carbocycles. The number of halogens is 1. The van der Waals surface area contributed by atoms with E-state index >= 15 is 0 Å². The van der Waals surface area contributed by atoms with Crippen molar-refractivity contribution in [3.8, 4) is 0 Å². The van der Waals surface area contributed by atoms with Crippen molar-refractivity contribution >= 4 is 50.1 Å². The first-order chi connectivity index (χ1) is 11.4. The van der Waals surface area contributed by atoms with E-state index in [2.05, 4.69) is 21.2 Å². The number of methoxy groups -OCH3 is 1. The van der Waals surface area contributed by atoms with Crippen molar-refractivity contribution in [3.05, 3.63) is 38.6 Å². The molecule has 0 saturated heterocycles. The third-order valence-corrected chi connectivity index (χ3v) is 4.63. The van der Waals surface area contributed by atoms with E-state index in [0.29, 0.717) is 10.2 Å². The molecule has 128 valence electrons. The normalized spacial score (nSPS) is 10.3. The second kappa shape index (κ2) is 7.63. The maximum atomic E-state index is 12.2. The van der Waals surface area contributed by atoms with Crippen LogP contribution in [0.25, 0.3) is 0 Å². The Balaban J connectivity index is 2.41. The predicted molar refractivity (Wildman–Crippen MR) is 90.7 cm³/mol. The summed E-state index contributed by atoms with van der Waals surface area (Å²) < 4.78 is 15.3. The van der Waals surface area contributed by atoms with Gasteiger partial charge in [0, 0.05) is 0 Å². The number of carbonyl (C=O) groups is 3. The first kappa shape index (κ1) is 18.2. The van der Waals surface area contributed by atoms with E-state index in [0.717, 1.165) is 11.3 Å². The molecule has 0 atom stereocenters. The number of carbonyl (C=O) groups excluding carboxylic acids is 3. The minimum atomic E-state index is -0.627. The fraction of sp³-hybridized carbons (Fsp3) is 0.267. The Kier molecular flexibility index (Phi) is 5.79. The highest BCUT2D eigenvalue weighted by Crippen LogP contribution is 2.34.